The Labute approximate surface area is 200 Å². The second kappa shape index (κ2) is 9.49. The zero-order chi connectivity index (χ0) is 23.7. The number of rotatable bonds is 5. The summed E-state index contributed by atoms with van der Waals surface area (Å²) >= 11 is 0. The van der Waals surface area contributed by atoms with E-state index in [9.17, 15) is 9.59 Å². The van der Waals surface area contributed by atoms with Gasteiger partial charge in [0.25, 0.3) is 0 Å². The summed E-state index contributed by atoms with van der Waals surface area (Å²) in [5.41, 5.74) is 5.03. The molecule has 1 aliphatic heterocycles. The first-order chi connectivity index (χ1) is 16.5. The number of ketones is 1. The lowest BCUT2D eigenvalue weighted by Crippen LogP contribution is -2.36. The van der Waals surface area contributed by atoms with Crippen molar-refractivity contribution in [2.24, 2.45) is 0 Å². The maximum atomic E-state index is 13.6. The second-order valence-corrected chi connectivity index (χ2v) is 9.51. The van der Waals surface area contributed by atoms with Gasteiger partial charge < -0.3 is 14.8 Å². The zero-order valence-corrected chi connectivity index (χ0v) is 19.8. The zero-order valence-electron chi connectivity index (χ0n) is 19.8. The predicted octanol–water partition coefficient (Wildman–Crippen LogP) is 5.54. The van der Waals surface area contributed by atoms with Crippen LogP contribution in [0.5, 0.6) is 5.75 Å². The largest absolute Gasteiger partial charge is 0.497 e. The van der Waals surface area contributed by atoms with Crippen molar-refractivity contribution in [3.8, 4) is 5.75 Å². The lowest BCUT2D eigenvalue weighted by atomic mass is 9.72. The molecule has 1 N–H and O–H groups in total. The topological polar surface area (TPSA) is 64.6 Å². The van der Waals surface area contributed by atoms with Crippen LogP contribution in [0, 0.1) is 0 Å². The number of nitrogens with one attached hydrogen (secondary N) is 1. The SMILES string of the molecule is COc1ccc([C@H]2CC(=O)C3=C(C2)NC(C)=C(C(=O)OC2CCCC2)[C@H]3c2ccccc2)cc1. The van der Waals surface area contributed by atoms with Crippen LogP contribution < -0.4 is 10.1 Å². The van der Waals surface area contributed by atoms with Crippen LogP contribution in [-0.4, -0.2) is 25.0 Å². The minimum Gasteiger partial charge on any atom is -0.497 e. The fourth-order valence-corrected chi connectivity index (χ4v) is 5.62. The molecule has 2 aromatic rings. The Morgan fingerprint density at radius 1 is 0.941 bits per heavy atom. The molecule has 5 rings (SSSR count). The molecule has 3 aliphatic rings. The summed E-state index contributed by atoms with van der Waals surface area (Å²) in [5.74, 6) is 0.260. The number of esters is 1. The number of dihydropyridines is 1. The first kappa shape index (κ1) is 22.5. The van der Waals surface area contributed by atoms with E-state index in [0.29, 0.717) is 17.6 Å². The van der Waals surface area contributed by atoms with E-state index >= 15 is 0 Å². The summed E-state index contributed by atoms with van der Waals surface area (Å²) in [6.45, 7) is 1.92. The number of carbonyl (C=O) groups is 2. The van der Waals surface area contributed by atoms with Gasteiger partial charge in [0.05, 0.1) is 12.7 Å². The summed E-state index contributed by atoms with van der Waals surface area (Å²) in [5, 5.41) is 3.44. The molecule has 0 aromatic heterocycles. The number of hydrogen-bond acceptors (Lipinski definition) is 5. The van der Waals surface area contributed by atoms with E-state index in [4.69, 9.17) is 9.47 Å². The third kappa shape index (κ3) is 4.27. The quantitative estimate of drug-likeness (QED) is 0.597. The summed E-state index contributed by atoms with van der Waals surface area (Å²) in [6, 6.07) is 17.8. The van der Waals surface area contributed by atoms with Crippen LogP contribution in [0.4, 0.5) is 0 Å². The van der Waals surface area contributed by atoms with Crippen molar-refractivity contribution in [2.45, 2.75) is 63.4 Å². The molecule has 0 radical (unpaired) electrons. The summed E-state index contributed by atoms with van der Waals surface area (Å²) < 4.78 is 11.2. The Balaban J connectivity index is 1.50. The Bertz CT molecular complexity index is 1140. The first-order valence-corrected chi connectivity index (χ1v) is 12.2. The number of ether oxygens (including phenoxy) is 2. The average molecular weight is 458 g/mol. The number of allylic oxidation sites excluding steroid dienone is 3. The molecule has 0 amide bonds. The Kier molecular flexibility index (Phi) is 6.27. The van der Waals surface area contributed by atoms with Gasteiger partial charge in [-0.25, -0.2) is 4.79 Å². The highest BCUT2D eigenvalue weighted by molar-refractivity contribution is 6.04. The van der Waals surface area contributed by atoms with Crippen molar-refractivity contribution in [3.05, 3.63) is 88.3 Å². The Hall–Kier alpha value is -3.34. The normalized spacial score (nSPS) is 22.9. The van der Waals surface area contributed by atoms with Crippen molar-refractivity contribution in [2.75, 3.05) is 7.11 Å². The molecule has 1 saturated carbocycles. The van der Waals surface area contributed by atoms with Gasteiger partial charge >= 0.3 is 5.97 Å². The third-order valence-corrected chi connectivity index (χ3v) is 7.34. The molecular weight excluding hydrogens is 426 g/mol. The molecule has 1 fully saturated rings. The molecular formula is C29H31NO4. The van der Waals surface area contributed by atoms with Crippen molar-refractivity contribution < 1.29 is 19.1 Å². The highest BCUT2D eigenvalue weighted by atomic mass is 16.5. The van der Waals surface area contributed by atoms with Crippen LogP contribution in [0.25, 0.3) is 0 Å². The van der Waals surface area contributed by atoms with Gasteiger partial charge in [0.1, 0.15) is 11.9 Å². The number of Topliss-reactive ketones (excluding diaryl/α,β-unsaturated/α-hetero) is 1. The van der Waals surface area contributed by atoms with Crippen LogP contribution >= 0.6 is 0 Å². The van der Waals surface area contributed by atoms with E-state index in [1.807, 2.05) is 61.5 Å². The molecule has 0 spiro atoms. The van der Waals surface area contributed by atoms with Gasteiger partial charge in [-0.2, -0.15) is 0 Å². The van der Waals surface area contributed by atoms with E-state index < -0.39 is 5.92 Å². The van der Waals surface area contributed by atoms with Crippen molar-refractivity contribution >= 4 is 11.8 Å². The molecule has 5 nitrogen and oxygen atoms in total. The number of benzene rings is 2. The van der Waals surface area contributed by atoms with Gasteiger partial charge in [-0.05, 0) is 68.2 Å². The third-order valence-electron chi connectivity index (χ3n) is 7.34. The van der Waals surface area contributed by atoms with Crippen molar-refractivity contribution in [1.29, 1.82) is 0 Å². The summed E-state index contributed by atoms with van der Waals surface area (Å²) in [7, 11) is 1.65. The second-order valence-electron chi connectivity index (χ2n) is 9.51. The van der Waals surface area contributed by atoms with Crippen molar-refractivity contribution in [3.63, 3.8) is 0 Å². The molecule has 2 aliphatic carbocycles. The minimum absolute atomic E-state index is 0.0268. The lowest BCUT2D eigenvalue weighted by Gasteiger charge is -2.37. The molecule has 0 bridgehead atoms. The van der Waals surface area contributed by atoms with Gasteiger partial charge in [-0.1, -0.05) is 42.5 Å². The van der Waals surface area contributed by atoms with Crippen LogP contribution in [0.2, 0.25) is 0 Å². The minimum atomic E-state index is -0.407. The van der Waals surface area contributed by atoms with Gasteiger partial charge in [-0.15, -0.1) is 0 Å². The van der Waals surface area contributed by atoms with Gasteiger partial charge in [-0.3, -0.25) is 4.79 Å². The van der Waals surface area contributed by atoms with E-state index in [2.05, 4.69) is 5.32 Å². The van der Waals surface area contributed by atoms with Crippen LogP contribution in [0.15, 0.2) is 77.1 Å². The predicted molar refractivity (Wildman–Crippen MR) is 130 cm³/mol. The maximum absolute atomic E-state index is 13.6. The molecule has 0 saturated heterocycles. The number of hydrogen-bond donors (Lipinski definition) is 1. The molecule has 0 unspecified atom stereocenters. The van der Waals surface area contributed by atoms with E-state index in [0.717, 1.165) is 60.4 Å². The molecule has 5 heteroatoms. The van der Waals surface area contributed by atoms with E-state index in [-0.39, 0.29) is 23.8 Å². The highest BCUT2D eigenvalue weighted by Gasteiger charge is 2.41. The van der Waals surface area contributed by atoms with Crippen molar-refractivity contribution in [1.82, 2.24) is 5.32 Å². The number of carbonyl (C=O) groups excluding carboxylic acids is 2. The average Bonchev–Trinajstić information content (AvgIpc) is 3.36. The van der Waals surface area contributed by atoms with Gasteiger partial charge in [0.15, 0.2) is 5.78 Å². The van der Waals surface area contributed by atoms with Crippen LogP contribution in [0.1, 0.15) is 68.4 Å². The molecule has 1 heterocycles. The highest BCUT2D eigenvalue weighted by Crippen LogP contribution is 2.46. The number of methoxy groups -OCH3 is 1. The van der Waals surface area contributed by atoms with E-state index in [1.54, 1.807) is 7.11 Å². The fourth-order valence-electron chi connectivity index (χ4n) is 5.62. The molecule has 2 atom stereocenters. The maximum Gasteiger partial charge on any atom is 0.337 e. The molecule has 34 heavy (non-hydrogen) atoms. The fraction of sp³-hybridized carbons (Fsp3) is 0.379. The van der Waals surface area contributed by atoms with E-state index in [1.165, 1.54) is 0 Å². The van der Waals surface area contributed by atoms with Gasteiger partial charge in [0, 0.05) is 29.3 Å². The van der Waals surface area contributed by atoms with Crippen LogP contribution in [-0.2, 0) is 14.3 Å². The molecule has 176 valence electrons. The lowest BCUT2D eigenvalue weighted by molar-refractivity contribution is -0.144. The monoisotopic (exact) mass is 457 g/mol. The Morgan fingerprint density at radius 2 is 1.65 bits per heavy atom. The Morgan fingerprint density at radius 3 is 2.32 bits per heavy atom. The van der Waals surface area contributed by atoms with Gasteiger partial charge in [0.2, 0.25) is 0 Å². The smallest absolute Gasteiger partial charge is 0.337 e. The van der Waals surface area contributed by atoms with Crippen LogP contribution in [0.3, 0.4) is 0 Å². The summed E-state index contributed by atoms with van der Waals surface area (Å²) in [4.78, 5) is 27.1. The summed E-state index contributed by atoms with van der Waals surface area (Å²) in [6.07, 6.45) is 5.13. The standard InChI is InChI=1S/C29H31NO4/c1-18-26(29(32)34-23-10-6-7-11-23)27(20-8-4-3-5-9-20)28-24(30-18)16-21(17-25(28)31)19-12-14-22(33-2)15-13-19/h3-5,8-9,12-15,21,23,27,30H,6-7,10-11,16-17H2,1-2H3/t21-,27-/m1/s1. The first-order valence-electron chi connectivity index (χ1n) is 12.2. The molecule has 2 aromatic carbocycles.